The molecule has 5 nitrogen and oxygen atoms in total. The summed E-state index contributed by atoms with van der Waals surface area (Å²) in [5.41, 5.74) is 3.36. The number of nitrogens with zero attached hydrogens (tertiary/aromatic N) is 3. The molecule has 5 heteroatoms. The zero-order valence-corrected chi connectivity index (χ0v) is 18.9. The van der Waals surface area contributed by atoms with Crippen LogP contribution in [0.25, 0.3) is 32.9 Å². The van der Waals surface area contributed by atoms with Crippen LogP contribution >= 0.6 is 0 Å². The Hall–Kier alpha value is -4.90. The molecule has 0 saturated heterocycles. The van der Waals surface area contributed by atoms with Gasteiger partial charge in [-0.25, -0.2) is 9.78 Å². The van der Waals surface area contributed by atoms with Crippen LogP contribution in [0.4, 0.5) is 0 Å². The van der Waals surface area contributed by atoms with Gasteiger partial charge < -0.3 is 5.11 Å². The molecule has 3 aromatic carbocycles. The molecule has 6 aromatic rings. The van der Waals surface area contributed by atoms with E-state index < -0.39 is 5.97 Å². The zero-order valence-electron chi connectivity index (χ0n) is 18.9. The van der Waals surface area contributed by atoms with Crippen LogP contribution in [0.3, 0.4) is 0 Å². The first kappa shape index (κ1) is 23.3. The molecule has 170 valence electrons. The molecule has 35 heavy (non-hydrogen) atoms. The van der Waals surface area contributed by atoms with Crippen LogP contribution in [0.1, 0.15) is 10.5 Å². The third kappa shape index (κ3) is 6.33. The predicted octanol–water partition coefficient (Wildman–Crippen LogP) is 6.92. The molecule has 0 bridgehead atoms. The molecule has 3 heterocycles. The monoisotopic (exact) mass is 457 g/mol. The van der Waals surface area contributed by atoms with Gasteiger partial charge in [-0.3, -0.25) is 9.97 Å². The maximum atomic E-state index is 10.1. The highest BCUT2D eigenvalue weighted by molar-refractivity contribution is 5.94. The summed E-state index contributed by atoms with van der Waals surface area (Å²) in [6, 6.07) is 37.5. The third-order valence-electron chi connectivity index (χ3n) is 5.12. The van der Waals surface area contributed by atoms with Gasteiger partial charge in [0.1, 0.15) is 5.69 Å². The number of carboxylic acids is 1. The second-order valence-corrected chi connectivity index (χ2v) is 7.46. The van der Waals surface area contributed by atoms with E-state index in [0.29, 0.717) is 0 Å². The van der Waals surface area contributed by atoms with Crippen molar-refractivity contribution in [3.8, 4) is 11.3 Å². The van der Waals surface area contributed by atoms with Crippen LogP contribution in [-0.4, -0.2) is 26.0 Å². The molecule has 0 aliphatic heterocycles. The maximum Gasteiger partial charge on any atom is 0.354 e. The van der Waals surface area contributed by atoms with Crippen molar-refractivity contribution in [2.24, 2.45) is 0 Å². The minimum Gasteiger partial charge on any atom is -0.477 e. The van der Waals surface area contributed by atoms with E-state index >= 15 is 0 Å². The van der Waals surface area contributed by atoms with Crippen molar-refractivity contribution in [3.63, 3.8) is 0 Å². The second kappa shape index (κ2) is 11.8. The van der Waals surface area contributed by atoms with E-state index in [-0.39, 0.29) is 5.69 Å². The summed E-state index contributed by atoms with van der Waals surface area (Å²) in [7, 11) is 0. The Bertz CT molecular complexity index is 1450. The SMILES string of the molecule is O=C(O)c1ccccn1.c1ccc(-c2nccc3ccccc23)cc1.c1ccc2ncccc2c1. The fourth-order valence-corrected chi connectivity index (χ4v) is 3.45. The predicted molar refractivity (Wildman–Crippen MR) is 140 cm³/mol. The van der Waals surface area contributed by atoms with Crippen molar-refractivity contribution in [1.29, 1.82) is 0 Å². The second-order valence-electron chi connectivity index (χ2n) is 7.46. The third-order valence-corrected chi connectivity index (χ3v) is 5.12. The van der Waals surface area contributed by atoms with Gasteiger partial charge in [-0.1, -0.05) is 84.9 Å². The first-order chi connectivity index (χ1) is 17.2. The number of carbonyl (C=O) groups is 1. The highest BCUT2D eigenvalue weighted by Gasteiger charge is 2.03. The normalized spacial score (nSPS) is 9.94. The summed E-state index contributed by atoms with van der Waals surface area (Å²) in [4.78, 5) is 22.4. The Balaban J connectivity index is 0.000000132. The van der Waals surface area contributed by atoms with E-state index in [9.17, 15) is 4.79 Å². The number of rotatable bonds is 2. The van der Waals surface area contributed by atoms with Gasteiger partial charge in [0, 0.05) is 34.9 Å². The fourth-order valence-electron chi connectivity index (χ4n) is 3.45. The van der Waals surface area contributed by atoms with E-state index in [1.165, 1.54) is 34.0 Å². The van der Waals surface area contributed by atoms with Crippen LogP contribution in [0.15, 0.2) is 134 Å². The summed E-state index contributed by atoms with van der Waals surface area (Å²) in [6.45, 7) is 0. The van der Waals surface area contributed by atoms with Crippen LogP contribution < -0.4 is 0 Å². The number of benzene rings is 3. The van der Waals surface area contributed by atoms with Gasteiger partial charge >= 0.3 is 5.97 Å². The number of carboxylic acid groups (broad SMARTS) is 1. The fraction of sp³-hybridized carbons (Fsp3) is 0. The number of pyridine rings is 3. The topological polar surface area (TPSA) is 76.0 Å². The van der Waals surface area contributed by atoms with Gasteiger partial charge in [-0.2, -0.15) is 0 Å². The quantitative estimate of drug-likeness (QED) is 0.305. The Morgan fingerprint density at radius 1 is 0.543 bits per heavy atom. The van der Waals surface area contributed by atoms with Crippen LogP contribution in [0, 0.1) is 0 Å². The van der Waals surface area contributed by atoms with Crippen molar-refractivity contribution in [2.45, 2.75) is 0 Å². The molecule has 0 atom stereocenters. The van der Waals surface area contributed by atoms with Crippen LogP contribution in [0.2, 0.25) is 0 Å². The Morgan fingerprint density at radius 3 is 1.91 bits per heavy atom. The highest BCUT2D eigenvalue weighted by atomic mass is 16.4. The largest absolute Gasteiger partial charge is 0.477 e. The Kier molecular flexibility index (Phi) is 7.85. The van der Waals surface area contributed by atoms with Gasteiger partial charge in [-0.15, -0.1) is 0 Å². The van der Waals surface area contributed by atoms with Gasteiger partial charge in [0.05, 0.1) is 11.2 Å². The van der Waals surface area contributed by atoms with Crippen molar-refractivity contribution in [3.05, 3.63) is 140 Å². The molecule has 0 unspecified atom stereocenters. The van der Waals surface area contributed by atoms with Gasteiger partial charge in [0.25, 0.3) is 0 Å². The van der Waals surface area contributed by atoms with E-state index in [2.05, 4.69) is 63.5 Å². The lowest BCUT2D eigenvalue weighted by molar-refractivity contribution is 0.0690. The molecule has 1 N–H and O–H groups in total. The number of fused-ring (bicyclic) bond motifs is 2. The number of para-hydroxylation sites is 1. The average molecular weight is 458 g/mol. The zero-order chi connectivity index (χ0) is 24.3. The molecule has 3 aromatic heterocycles. The highest BCUT2D eigenvalue weighted by Crippen LogP contribution is 2.25. The molecule has 6 rings (SSSR count). The molecule has 0 radical (unpaired) electrons. The number of hydrogen-bond acceptors (Lipinski definition) is 4. The lowest BCUT2D eigenvalue weighted by Gasteiger charge is -2.04. The molecule has 0 fully saturated rings. The van der Waals surface area contributed by atoms with Crippen molar-refractivity contribution >= 4 is 27.6 Å². The van der Waals surface area contributed by atoms with Crippen molar-refractivity contribution in [1.82, 2.24) is 15.0 Å². The molecule has 0 aliphatic rings. The molecule has 0 aliphatic carbocycles. The number of aromatic carboxylic acids is 1. The molecular weight excluding hydrogens is 434 g/mol. The molecule has 0 saturated carbocycles. The number of hydrogen-bond donors (Lipinski definition) is 1. The Labute approximate surface area is 203 Å². The van der Waals surface area contributed by atoms with E-state index in [1.54, 1.807) is 12.1 Å². The molecular formula is C30H23N3O2. The first-order valence-electron chi connectivity index (χ1n) is 11.1. The van der Waals surface area contributed by atoms with Gasteiger partial charge in [0.15, 0.2) is 0 Å². The van der Waals surface area contributed by atoms with Crippen molar-refractivity contribution < 1.29 is 9.90 Å². The minimum atomic E-state index is -0.990. The maximum absolute atomic E-state index is 10.1. The molecule has 0 spiro atoms. The van der Waals surface area contributed by atoms with E-state index in [0.717, 1.165) is 11.2 Å². The smallest absolute Gasteiger partial charge is 0.354 e. The first-order valence-corrected chi connectivity index (χ1v) is 11.1. The van der Waals surface area contributed by atoms with Crippen molar-refractivity contribution in [2.75, 3.05) is 0 Å². The summed E-state index contributed by atoms with van der Waals surface area (Å²) in [5, 5.41) is 12.0. The lowest BCUT2D eigenvalue weighted by atomic mass is 10.0. The summed E-state index contributed by atoms with van der Waals surface area (Å²) in [5.74, 6) is -0.990. The van der Waals surface area contributed by atoms with Gasteiger partial charge in [-0.05, 0) is 35.7 Å². The average Bonchev–Trinajstić information content (AvgIpc) is 2.94. The summed E-state index contributed by atoms with van der Waals surface area (Å²) >= 11 is 0. The number of aromatic nitrogens is 3. The standard InChI is InChI=1S/C15H11N.C9H7N.C6H5NO2/c1-2-7-13(8-3-1)15-14-9-5-4-6-12(14)10-11-16-15;1-2-6-9-8(4-1)5-3-7-10-9;8-6(9)5-3-1-2-4-7-5/h1-11H;1-7H;1-4H,(H,8,9). The van der Waals surface area contributed by atoms with E-state index in [1.807, 2.05) is 60.9 Å². The van der Waals surface area contributed by atoms with Crippen LogP contribution in [0.5, 0.6) is 0 Å². The van der Waals surface area contributed by atoms with Gasteiger partial charge in [0.2, 0.25) is 0 Å². The summed E-state index contributed by atoms with van der Waals surface area (Å²) < 4.78 is 0. The Morgan fingerprint density at radius 2 is 1.20 bits per heavy atom. The lowest BCUT2D eigenvalue weighted by Crippen LogP contribution is -1.97. The molecule has 0 amide bonds. The van der Waals surface area contributed by atoms with Crippen LogP contribution in [-0.2, 0) is 0 Å². The summed E-state index contributed by atoms with van der Waals surface area (Å²) in [6.07, 6.45) is 5.12. The minimum absolute atomic E-state index is 0.0810. The van der Waals surface area contributed by atoms with E-state index in [4.69, 9.17) is 5.11 Å².